The first kappa shape index (κ1) is 10.0. The minimum Gasteiger partial charge on any atom is -0.467 e. The van der Waals surface area contributed by atoms with E-state index >= 15 is 0 Å². The smallest absolute Gasteiger partial charge is 0.129 e. The molecule has 0 aliphatic carbocycles. The molecule has 2 N–H and O–H groups in total. The number of furan rings is 1. The first-order valence-electron chi connectivity index (χ1n) is 5.42. The molecule has 0 saturated carbocycles. The van der Waals surface area contributed by atoms with Gasteiger partial charge in [0.2, 0.25) is 0 Å². The summed E-state index contributed by atoms with van der Waals surface area (Å²) in [7, 11) is 0. The van der Waals surface area contributed by atoms with Crippen molar-refractivity contribution in [3.05, 3.63) is 47.9 Å². The zero-order valence-corrected chi connectivity index (χ0v) is 9.21. The summed E-state index contributed by atoms with van der Waals surface area (Å²) < 4.78 is 7.22. The van der Waals surface area contributed by atoms with E-state index in [9.17, 15) is 0 Å². The van der Waals surface area contributed by atoms with Gasteiger partial charge in [-0.2, -0.15) is 0 Å². The van der Waals surface area contributed by atoms with Crippen LogP contribution < -0.4 is 5.73 Å². The van der Waals surface area contributed by atoms with Gasteiger partial charge in [0.1, 0.15) is 17.8 Å². The van der Waals surface area contributed by atoms with Crippen LogP contribution in [0.2, 0.25) is 0 Å². The Bertz CT molecular complexity index is 641. The third kappa shape index (κ3) is 1.70. The van der Waals surface area contributed by atoms with Crippen LogP contribution in [0.1, 0.15) is 11.3 Å². The van der Waals surface area contributed by atoms with Crippen LogP contribution in [-0.2, 0) is 13.1 Å². The number of nitrogens with two attached hydrogens (primary N) is 1. The number of benzene rings is 1. The molecule has 0 radical (unpaired) electrons. The lowest BCUT2D eigenvalue weighted by atomic mass is 10.2. The molecule has 0 unspecified atom stereocenters. The average Bonchev–Trinajstić information content (AvgIpc) is 2.97. The summed E-state index contributed by atoms with van der Waals surface area (Å²) in [6.45, 7) is 1.03. The Morgan fingerprint density at radius 1 is 1.24 bits per heavy atom. The van der Waals surface area contributed by atoms with Crippen molar-refractivity contribution in [2.45, 2.75) is 13.1 Å². The maximum atomic E-state index is 5.63. The van der Waals surface area contributed by atoms with Crippen LogP contribution in [-0.4, -0.2) is 15.0 Å². The summed E-state index contributed by atoms with van der Waals surface area (Å²) in [5, 5.41) is 8.21. The average molecular weight is 228 g/mol. The Morgan fingerprint density at radius 2 is 2.12 bits per heavy atom. The number of para-hydroxylation sites is 1. The molecule has 2 aromatic heterocycles. The second kappa shape index (κ2) is 4.03. The summed E-state index contributed by atoms with van der Waals surface area (Å²) in [5.74, 6) is 0.836. The monoisotopic (exact) mass is 228 g/mol. The maximum Gasteiger partial charge on any atom is 0.129 e. The molecule has 1 aromatic carbocycles. The molecule has 0 atom stereocenters. The Hall–Kier alpha value is -2.14. The summed E-state index contributed by atoms with van der Waals surface area (Å²) in [6.07, 6.45) is 1.65. The fourth-order valence-corrected chi connectivity index (χ4v) is 1.86. The molecule has 3 rings (SSSR count). The molecule has 0 amide bonds. The van der Waals surface area contributed by atoms with Gasteiger partial charge < -0.3 is 10.2 Å². The van der Waals surface area contributed by atoms with Gasteiger partial charge in [-0.15, -0.1) is 5.10 Å². The molecular weight excluding hydrogens is 216 g/mol. The summed E-state index contributed by atoms with van der Waals surface area (Å²) in [6, 6.07) is 9.72. The highest BCUT2D eigenvalue weighted by molar-refractivity contribution is 5.73. The quantitative estimate of drug-likeness (QED) is 0.738. The second-order valence-corrected chi connectivity index (χ2v) is 3.81. The van der Waals surface area contributed by atoms with Gasteiger partial charge in [-0.1, -0.05) is 17.3 Å². The standard InChI is InChI=1S/C12H12N4O/c13-7-9-5-6-17-12(9)8-16-11-4-2-1-3-10(11)14-15-16/h1-6H,7-8,13H2. The fourth-order valence-electron chi connectivity index (χ4n) is 1.86. The minimum absolute atomic E-state index is 0.471. The molecular formula is C12H12N4O. The van der Waals surface area contributed by atoms with E-state index in [1.54, 1.807) is 6.26 Å². The largest absolute Gasteiger partial charge is 0.467 e. The van der Waals surface area contributed by atoms with E-state index in [0.29, 0.717) is 13.1 Å². The van der Waals surface area contributed by atoms with E-state index in [1.165, 1.54) is 0 Å². The molecule has 0 aliphatic rings. The van der Waals surface area contributed by atoms with Gasteiger partial charge in [0.15, 0.2) is 0 Å². The van der Waals surface area contributed by atoms with Crippen LogP contribution in [0.5, 0.6) is 0 Å². The minimum atomic E-state index is 0.471. The molecule has 0 aliphatic heterocycles. The van der Waals surface area contributed by atoms with E-state index in [4.69, 9.17) is 10.2 Å². The van der Waals surface area contributed by atoms with E-state index in [2.05, 4.69) is 10.3 Å². The van der Waals surface area contributed by atoms with Crippen molar-refractivity contribution in [1.29, 1.82) is 0 Å². The lowest BCUT2D eigenvalue weighted by Crippen LogP contribution is -2.05. The third-order valence-electron chi connectivity index (χ3n) is 2.77. The van der Waals surface area contributed by atoms with E-state index in [0.717, 1.165) is 22.4 Å². The third-order valence-corrected chi connectivity index (χ3v) is 2.77. The van der Waals surface area contributed by atoms with Crippen LogP contribution in [0.3, 0.4) is 0 Å². The first-order chi connectivity index (χ1) is 8.38. The normalized spacial score (nSPS) is 11.1. The number of hydrogen-bond donors (Lipinski definition) is 1. The van der Waals surface area contributed by atoms with Crippen LogP contribution >= 0.6 is 0 Å². The number of rotatable bonds is 3. The molecule has 0 spiro atoms. The lowest BCUT2D eigenvalue weighted by molar-refractivity contribution is 0.475. The highest BCUT2D eigenvalue weighted by atomic mass is 16.3. The molecule has 0 bridgehead atoms. The van der Waals surface area contributed by atoms with Crippen molar-refractivity contribution >= 4 is 11.0 Å². The molecule has 2 heterocycles. The Morgan fingerprint density at radius 3 is 3.00 bits per heavy atom. The highest BCUT2D eigenvalue weighted by Gasteiger charge is 2.09. The molecule has 3 aromatic rings. The van der Waals surface area contributed by atoms with E-state index < -0.39 is 0 Å². The van der Waals surface area contributed by atoms with Gasteiger partial charge in [-0.05, 0) is 18.2 Å². The second-order valence-electron chi connectivity index (χ2n) is 3.81. The van der Waals surface area contributed by atoms with Gasteiger partial charge in [0, 0.05) is 12.1 Å². The van der Waals surface area contributed by atoms with Gasteiger partial charge >= 0.3 is 0 Å². The summed E-state index contributed by atoms with van der Waals surface area (Å²) in [5.41, 5.74) is 8.51. The molecule has 86 valence electrons. The van der Waals surface area contributed by atoms with Gasteiger partial charge in [-0.25, -0.2) is 4.68 Å². The Labute approximate surface area is 97.8 Å². The number of hydrogen-bond acceptors (Lipinski definition) is 4. The summed E-state index contributed by atoms with van der Waals surface area (Å²) in [4.78, 5) is 0. The molecule has 17 heavy (non-hydrogen) atoms. The predicted octanol–water partition coefficient (Wildman–Crippen LogP) is 1.53. The zero-order chi connectivity index (χ0) is 11.7. The van der Waals surface area contributed by atoms with Crippen molar-refractivity contribution in [3.8, 4) is 0 Å². The topological polar surface area (TPSA) is 69.9 Å². The van der Waals surface area contributed by atoms with Crippen LogP contribution in [0.25, 0.3) is 11.0 Å². The number of aromatic nitrogens is 3. The van der Waals surface area contributed by atoms with E-state index in [1.807, 2.05) is 35.0 Å². The van der Waals surface area contributed by atoms with Gasteiger partial charge in [-0.3, -0.25) is 0 Å². The lowest BCUT2D eigenvalue weighted by Gasteiger charge is -2.01. The van der Waals surface area contributed by atoms with Gasteiger partial charge in [0.05, 0.1) is 11.8 Å². The zero-order valence-electron chi connectivity index (χ0n) is 9.21. The van der Waals surface area contributed by atoms with Crippen molar-refractivity contribution in [3.63, 3.8) is 0 Å². The molecule has 0 saturated heterocycles. The van der Waals surface area contributed by atoms with E-state index in [-0.39, 0.29) is 0 Å². The predicted molar refractivity (Wildman–Crippen MR) is 63.2 cm³/mol. The first-order valence-corrected chi connectivity index (χ1v) is 5.42. The van der Waals surface area contributed by atoms with Crippen LogP contribution in [0.4, 0.5) is 0 Å². The van der Waals surface area contributed by atoms with Crippen molar-refractivity contribution in [1.82, 2.24) is 15.0 Å². The van der Waals surface area contributed by atoms with Gasteiger partial charge in [0.25, 0.3) is 0 Å². The Balaban J connectivity index is 2.00. The Kier molecular flexibility index (Phi) is 2.38. The van der Waals surface area contributed by atoms with Crippen LogP contribution in [0.15, 0.2) is 41.0 Å². The molecule has 5 nitrogen and oxygen atoms in total. The summed E-state index contributed by atoms with van der Waals surface area (Å²) >= 11 is 0. The van der Waals surface area contributed by atoms with Crippen LogP contribution in [0, 0.1) is 0 Å². The van der Waals surface area contributed by atoms with Crippen molar-refractivity contribution < 1.29 is 4.42 Å². The number of nitrogens with zero attached hydrogens (tertiary/aromatic N) is 3. The highest BCUT2D eigenvalue weighted by Crippen LogP contribution is 2.15. The molecule has 0 fully saturated rings. The van der Waals surface area contributed by atoms with Crippen molar-refractivity contribution in [2.75, 3.05) is 0 Å². The van der Waals surface area contributed by atoms with Crippen molar-refractivity contribution in [2.24, 2.45) is 5.73 Å². The molecule has 5 heteroatoms. The number of fused-ring (bicyclic) bond motifs is 1. The fraction of sp³-hybridized carbons (Fsp3) is 0.167. The SMILES string of the molecule is NCc1ccoc1Cn1nnc2ccccc21. The maximum absolute atomic E-state index is 5.63.